The quantitative estimate of drug-likeness (QED) is 0.222. The minimum atomic E-state index is -5.88. The van der Waals surface area contributed by atoms with Crippen molar-refractivity contribution in [2.75, 3.05) is 59.1 Å². The Morgan fingerprint density at radius 3 is 2.15 bits per heavy atom. The molecule has 3 aliphatic heterocycles. The van der Waals surface area contributed by atoms with Crippen LogP contribution in [-0.2, 0) is 22.3 Å². The molecule has 0 N–H and O–H groups in total. The first-order chi connectivity index (χ1) is 24.3. The van der Waals surface area contributed by atoms with Crippen molar-refractivity contribution in [3.05, 3.63) is 29.7 Å². The molecule has 0 radical (unpaired) electrons. The number of nitrogens with zero attached hydrogens (tertiary/aromatic N) is 6. The highest BCUT2D eigenvalue weighted by Gasteiger charge is 2.68. The number of hydrogen-bond acceptors (Lipinski definition) is 9. The number of imide groups is 1. The van der Waals surface area contributed by atoms with Gasteiger partial charge >= 0.3 is 24.6 Å². The molecule has 0 atom stereocenters. The van der Waals surface area contributed by atoms with Gasteiger partial charge in [0.2, 0.25) is 11.7 Å². The molecule has 4 fully saturated rings. The van der Waals surface area contributed by atoms with Crippen LogP contribution >= 0.6 is 0 Å². The van der Waals surface area contributed by atoms with Gasteiger partial charge in [-0.05, 0) is 50.8 Å². The van der Waals surface area contributed by atoms with Crippen LogP contribution in [-0.4, -0.2) is 125 Å². The summed E-state index contributed by atoms with van der Waals surface area (Å²) in [6.07, 6.45) is -12.9. The zero-order valence-electron chi connectivity index (χ0n) is 28.0. The van der Waals surface area contributed by atoms with Gasteiger partial charge in [-0.25, -0.2) is 4.79 Å². The second kappa shape index (κ2) is 14.0. The maximum Gasteiger partial charge on any atom is 0.419 e. The molecule has 1 spiro atoms. The van der Waals surface area contributed by atoms with Crippen LogP contribution in [0.4, 0.5) is 44.3 Å². The summed E-state index contributed by atoms with van der Waals surface area (Å²) in [6.45, 7) is 1.64. The smallest absolute Gasteiger partial charge is 0.419 e. The van der Waals surface area contributed by atoms with E-state index >= 15 is 0 Å². The zero-order chi connectivity index (χ0) is 37.7. The lowest BCUT2D eigenvalue weighted by Gasteiger charge is -2.47. The number of hydrogen-bond donors (Lipinski definition) is 0. The molecule has 3 amide bonds. The molecule has 4 heterocycles. The number of alkyl halides is 9. The van der Waals surface area contributed by atoms with Crippen molar-refractivity contribution in [3.8, 4) is 17.1 Å². The van der Waals surface area contributed by atoms with E-state index in [1.807, 2.05) is 0 Å². The molecule has 20 heteroatoms. The summed E-state index contributed by atoms with van der Waals surface area (Å²) >= 11 is 0. The summed E-state index contributed by atoms with van der Waals surface area (Å²) in [4.78, 5) is 39.1. The van der Waals surface area contributed by atoms with Crippen LogP contribution in [0, 0.1) is 5.41 Å². The van der Waals surface area contributed by atoms with Crippen LogP contribution in [0.3, 0.4) is 0 Å². The van der Waals surface area contributed by atoms with Gasteiger partial charge in [-0.1, -0.05) is 11.6 Å². The number of carbonyl (C=O) groups is 2. The maximum absolute atomic E-state index is 14.1. The molecule has 3 saturated heterocycles. The fourth-order valence-electron chi connectivity index (χ4n) is 6.93. The summed E-state index contributed by atoms with van der Waals surface area (Å²) in [5, 5.41) is 3.67. The normalized spacial score (nSPS) is 21.3. The maximum atomic E-state index is 14.1. The van der Waals surface area contributed by atoms with Crippen molar-refractivity contribution in [2.24, 2.45) is 5.41 Å². The van der Waals surface area contributed by atoms with E-state index in [1.54, 1.807) is 4.90 Å². The lowest BCUT2D eigenvalue weighted by molar-refractivity contribution is -0.340. The van der Waals surface area contributed by atoms with Gasteiger partial charge in [-0.2, -0.15) is 44.5 Å². The molecule has 1 aromatic carbocycles. The molecular weight excluding hydrogens is 719 g/mol. The molecule has 2 aromatic rings. The minimum absolute atomic E-state index is 0.214. The number of likely N-dealkylation sites (tertiary alicyclic amines) is 1. The van der Waals surface area contributed by atoms with Gasteiger partial charge in [-0.15, -0.1) is 0 Å². The molecule has 1 aliphatic carbocycles. The van der Waals surface area contributed by atoms with Crippen molar-refractivity contribution in [3.63, 3.8) is 0 Å². The molecule has 0 unspecified atom stereocenters. The molecule has 4 aliphatic rings. The molecule has 0 bridgehead atoms. The largest absolute Gasteiger partial charge is 0.492 e. The highest BCUT2D eigenvalue weighted by Crippen LogP contribution is 2.51. The predicted molar refractivity (Wildman–Crippen MR) is 162 cm³/mol. The van der Waals surface area contributed by atoms with Gasteiger partial charge in [-0.3, -0.25) is 14.6 Å². The monoisotopic (exact) mass is 756 g/mol. The Morgan fingerprint density at radius 2 is 1.58 bits per heavy atom. The molecule has 6 rings (SSSR count). The minimum Gasteiger partial charge on any atom is -0.492 e. The second-order valence-electron chi connectivity index (χ2n) is 13.8. The first-order valence-electron chi connectivity index (χ1n) is 16.8. The van der Waals surface area contributed by atoms with Gasteiger partial charge < -0.3 is 23.8 Å². The van der Waals surface area contributed by atoms with Gasteiger partial charge in [0.25, 0.3) is 5.91 Å². The second-order valence-corrected chi connectivity index (χ2v) is 13.8. The van der Waals surface area contributed by atoms with E-state index in [1.165, 1.54) is 0 Å². The van der Waals surface area contributed by atoms with E-state index in [2.05, 4.69) is 24.7 Å². The van der Waals surface area contributed by atoms with Crippen LogP contribution < -0.4 is 4.74 Å². The van der Waals surface area contributed by atoms with Crippen LogP contribution in [0.2, 0.25) is 0 Å². The van der Waals surface area contributed by atoms with Crippen LogP contribution in [0.1, 0.15) is 50.5 Å². The Hall–Kier alpha value is -3.65. The van der Waals surface area contributed by atoms with Crippen molar-refractivity contribution in [1.82, 2.24) is 29.7 Å². The third-order valence-electron chi connectivity index (χ3n) is 10.7. The van der Waals surface area contributed by atoms with E-state index < -0.39 is 71.7 Å². The summed E-state index contributed by atoms with van der Waals surface area (Å²) in [5.41, 5.74) is -7.61. The molecule has 288 valence electrons. The molecule has 1 saturated carbocycles. The number of carbonyl (C=O) groups excluding carboxylic acids is 2. The highest BCUT2D eigenvalue weighted by atomic mass is 19.4. The Bertz CT molecular complexity index is 1600. The van der Waals surface area contributed by atoms with E-state index in [4.69, 9.17) is 9.26 Å². The van der Waals surface area contributed by atoms with Gasteiger partial charge in [0.1, 0.15) is 24.4 Å². The Labute approximate surface area is 291 Å². The zero-order valence-corrected chi connectivity index (χ0v) is 28.0. The van der Waals surface area contributed by atoms with Gasteiger partial charge in [0.15, 0.2) is 5.41 Å². The predicted octanol–water partition coefficient (Wildman–Crippen LogP) is 5.75. The summed E-state index contributed by atoms with van der Waals surface area (Å²) < 4.78 is 137. The first kappa shape index (κ1) is 38.1. The lowest BCUT2D eigenvalue weighted by Crippen LogP contribution is -2.59. The average molecular weight is 757 g/mol. The Morgan fingerprint density at radius 1 is 0.923 bits per heavy atom. The van der Waals surface area contributed by atoms with Crippen LogP contribution in [0.5, 0.6) is 5.75 Å². The summed E-state index contributed by atoms with van der Waals surface area (Å²) in [6, 6.07) is 1.74. The standard InChI is InChI=1S/C32H37F9N6O5/c1-28(31(36,37)38,32(39,40)41)19-51-23-6-5-20(17-22(23)30(33,34)35)25-42-24(52-43-25)18-46-26(48)29(7-9-45(10-8-29)21-3-2-4-21)47(27(46)49)12-11-44-13-15-50-16-14-44/h5-6,17,21H,2-4,7-16,18-19H2,1H3. The van der Waals surface area contributed by atoms with Gasteiger partial charge in [0.05, 0.1) is 18.8 Å². The van der Waals surface area contributed by atoms with E-state index in [0.717, 1.165) is 30.2 Å². The molecular formula is C32H37F9N6O5. The SMILES string of the molecule is CC(COc1ccc(-c2noc(CN3C(=O)N(CCN4CCOCC4)C4(CCN(C5CCC5)CC4)C3=O)n2)cc1C(F)(F)F)(C(F)(F)F)C(F)(F)F. The fraction of sp³-hybridized carbons (Fsp3) is 0.688. The van der Waals surface area contributed by atoms with Crippen molar-refractivity contribution in [2.45, 2.75) is 75.7 Å². The number of morpholine rings is 1. The number of amides is 3. The Kier molecular flexibility index (Phi) is 10.2. The highest BCUT2D eigenvalue weighted by molar-refractivity contribution is 6.07. The van der Waals surface area contributed by atoms with E-state index in [0.29, 0.717) is 77.0 Å². The fourth-order valence-corrected chi connectivity index (χ4v) is 6.93. The van der Waals surface area contributed by atoms with Crippen molar-refractivity contribution in [1.29, 1.82) is 0 Å². The topological polar surface area (TPSA) is 104 Å². The number of ether oxygens (including phenoxy) is 2. The van der Waals surface area contributed by atoms with Gasteiger partial charge in [0, 0.05) is 50.9 Å². The lowest BCUT2D eigenvalue weighted by atomic mass is 9.82. The Balaban J connectivity index is 1.20. The number of rotatable bonds is 10. The third-order valence-corrected chi connectivity index (χ3v) is 10.7. The van der Waals surface area contributed by atoms with Crippen LogP contribution in [0.25, 0.3) is 11.4 Å². The van der Waals surface area contributed by atoms with Crippen LogP contribution in [0.15, 0.2) is 22.7 Å². The average Bonchev–Trinajstić information content (AvgIpc) is 3.59. The summed E-state index contributed by atoms with van der Waals surface area (Å²) in [5.74, 6) is -2.44. The van der Waals surface area contributed by atoms with Crippen molar-refractivity contribution >= 4 is 11.9 Å². The number of piperidine rings is 1. The molecule has 1 aromatic heterocycles. The van der Waals surface area contributed by atoms with E-state index in [9.17, 15) is 49.1 Å². The molecule has 11 nitrogen and oxygen atoms in total. The number of benzene rings is 1. The van der Waals surface area contributed by atoms with Crippen molar-refractivity contribution < 1.29 is 63.1 Å². The van der Waals surface area contributed by atoms with E-state index in [-0.39, 0.29) is 24.9 Å². The number of halogens is 9. The third kappa shape index (κ3) is 7.16. The first-order valence-corrected chi connectivity index (χ1v) is 16.8. The summed E-state index contributed by atoms with van der Waals surface area (Å²) in [7, 11) is 0. The number of aromatic nitrogens is 2. The number of urea groups is 1. The molecule has 52 heavy (non-hydrogen) atoms.